The summed E-state index contributed by atoms with van der Waals surface area (Å²) in [5.41, 5.74) is 5.74. The van der Waals surface area contributed by atoms with Gasteiger partial charge in [0.15, 0.2) is 0 Å². The van der Waals surface area contributed by atoms with Crippen molar-refractivity contribution in [1.82, 2.24) is 5.43 Å². The van der Waals surface area contributed by atoms with Gasteiger partial charge in [0, 0.05) is 5.56 Å². The first-order valence-electron chi connectivity index (χ1n) is 8.30. The van der Waals surface area contributed by atoms with Crippen LogP contribution in [0.2, 0.25) is 0 Å². The molecule has 0 spiro atoms. The van der Waals surface area contributed by atoms with Crippen molar-refractivity contribution >= 4 is 18.2 Å². The molecule has 0 radical (unpaired) electrons. The van der Waals surface area contributed by atoms with Crippen LogP contribution in [-0.4, -0.2) is 13.2 Å². The number of ether oxygens (including phenoxy) is 2. The molecule has 0 saturated carbocycles. The Morgan fingerprint density at radius 3 is 2.42 bits per heavy atom. The number of hydrogen-bond acceptors (Lipinski definition) is 4. The zero-order valence-electron chi connectivity index (χ0n) is 15.1. The highest BCUT2D eigenvalue weighted by atomic mass is 16.6. The van der Waals surface area contributed by atoms with Crippen LogP contribution < -0.4 is 20.7 Å². The molecule has 0 aliphatic heterocycles. The Labute approximate surface area is 154 Å². The quantitative estimate of drug-likeness (QED) is 0.256. The number of carbonyl (C=O) groups is 1. The number of nitrogens with two attached hydrogens (primary N) is 1. The number of methoxy groups -OCH3 is 1. The summed E-state index contributed by atoms with van der Waals surface area (Å²) < 4.78 is 10.9. The average molecular weight is 352 g/mol. The van der Waals surface area contributed by atoms with Crippen LogP contribution in [0, 0.1) is 0 Å². The van der Waals surface area contributed by atoms with Gasteiger partial charge in [-0.15, -0.1) is 6.58 Å². The van der Waals surface area contributed by atoms with Gasteiger partial charge >= 0.3 is 6.09 Å². The van der Waals surface area contributed by atoms with Crippen LogP contribution in [0.3, 0.4) is 0 Å². The summed E-state index contributed by atoms with van der Waals surface area (Å²) in [7, 11) is 1.59. The fourth-order valence-corrected chi connectivity index (χ4v) is 2.48. The lowest BCUT2D eigenvalue weighted by Crippen LogP contribution is -2.33. The van der Waals surface area contributed by atoms with Crippen LogP contribution in [0.25, 0.3) is 12.2 Å². The molecule has 3 N–H and O–H groups in total. The molecule has 0 aliphatic rings. The topological polar surface area (TPSA) is 73.6 Å². The third kappa shape index (κ3) is 5.50. The molecule has 0 saturated heterocycles. The van der Waals surface area contributed by atoms with Gasteiger partial charge in [-0.1, -0.05) is 48.1 Å². The minimum absolute atomic E-state index is 0.418. The smallest absolute Gasteiger partial charge is 0.426 e. The van der Waals surface area contributed by atoms with Gasteiger partial charge in [0.05, 0.1) is 7.11 Å². The van der Waals surface area contributed by atoms with E-state index in [0.29, 0.717) is 17.9 Å². The van der Waals surface area contributed by atoms with Crippen LogP contribution in [0.5, 0.6) is 11.5 Å². The molecule has 26 heavy (non-hydrogen) atoms. The first-order chi connectivity index (χ1) is 12.5. The first-order valence-corrected chi connectivity index (χ1v) is 8.30. The monoisotopic (exact) mass is 352 g/mol. The summed E-state index contributed by atoms with van der Waals surface area (Å²) in [5.74, 6) is 6.22. The van der Waals surface area contributed by atoms with Crippen molar-refractivity contribution in [3.63, 3.8) is 0 Å². The number of hydrazine groups is 1. The SMILES string of the molecule is C=C(C)CCc1c(OC)cc(C=Cc2ccccc2)cc1OC(=O)NN. The highest BCUT2D eigenvalue weighted by Crippen LogP contribution is 2.33. The van der Waals surface area contributed by atoms with E-state index in [-0.39, 0.29) is 0 Å². The molecule has 0 aromatic heterocycles. The largest absolute Gasteiger partial charge is 0.496 e. The molecule has 0 atom stereocenters. The second kappa shape index (κ2) is 9.44. The molecule has 2 aromatic carbocycles. The number of carbonyl (C=O) groups excluding carboxylic acids is 1. The van der Waals surface area contributed by atoms with Crippen LogP contribution in [0.4, 0.5) is 4.79 Å². The van der Waals surface area contributed by atoms with Crippen molar-refractivity contribution in [3.8, 4) is 11.5 Å². The van der Waals surface area contributed by atoms with E-state index in [1.54, 1.807) is 13.2 Å². The molecule has 5 nitrogen and oxygen atoms in total. The molecular formula is C21H24N2O3. The zero-order valence-corrected chi connectivity index (χ0v) is 15.1. The van der Waals surface area contributed by atoms with Crippen molar-refractivity contribution in [1.29, 1.82) is 0 Å². The van der Waals surface area contributed by atoms with Gasteiger partial charge in [0.25, 0.3) is 0 Å². The standard InChI is InChI=1S/C21H24N2O3/c1-15(2)9-12-18-19(25-3)13-17(14-20(18)26-21(24)23-22)11-10-16-7-5-4-6-8-16/h4-8,10-11,13-14H,1,9,12,22H2,2-3H3,(H,23,24). The molecule has 0 heterocycles. The van der Waals surface area contributed by atoms with Crippen molar-refractivity contribution in [2.24, 2.45) is 5.84 Å². The van der Waals surface area contributed by atoms with E-state index < -0.39 is 6.09 Å². The summed E-state index contributed by atoms with van der Waals surface area (Å²) in [6.07, 6.45) is 4.60. The average Bonchev–Trinajstić information content (AvgIpc) is 2.65. The van der Waals surface area contributed by atoms with E-state index in [9.17, 15) is 4.79 Å². The van der Waals surface area contributed by atoms with Gasteiger partial charge in [-0.3, -0.25) is 5.43 Å². The predicted octanol–water partition coefficient (Wildman–Crippen LogP) is 4.34. The fraction of sp³-hybridized carbons (Fsp3) is 0.190. The van der Waals surface area contributed by atoms with Gasteiger partial charge in [0.1, 0.15) is 11.5 Å². The van der Waals surface area contributed by atoms with Gasteiger partial charge in [-0.2, -0.15) is 0 Å². The Bertz CT molecular complexity index is 798. The first kappa shape index (κ1) is 19.3. The van der Waals surface area contributed by atoms with Gasteiger partial charge < -0.3 is 9.47 Å². The van der Waals surface area contributed by atoms with E-state index in [4.69, 9.17) is 15.3 Å². The third-order valence-electron chi connectivity index (χ3n) is 3.80. The van der Waals surface area contributed by atoms with Gasteiger partial charge in [-0.05, 0) is 43.0 Å². The Hall–Kier alpha value is -3.05. The molecule has 5 heteroatoms. The minimum Gasteiger partial charge on any atom is -0.496 e. The van der Waals surface area contributed by atoms with Crippen molar-refractivity contribution in [2.75, 3.05) is 7.11 Å². The third-order valence-corrected chi connectivity index (χ3v) is 3.80. The number of rotatable bonds is 7. The maximum atomic E-state index is 11.6. The molecule has 1 amide bonds. The molecular weight excluding hydrogens is 328 g/mol. The highest BCUT2D eigenvalue weighted by Gasteiger charge is 2.15. The van der Waals surface area contributed by atoms with E-state index in [2.05, 4.69) is 6.58 Å². The van der Waals surface area contributed by atoms with Crippen LogP contribution in [-0.2, 0) is 6.42 Å². The Morgan fingerprint density at radius 1 is 1.15 bits per heavy atom. The normalized spacial score (nSPS) is 10.6. The molecule has 0 bridgehead atoms. The van der Waals surface area contributed by atoms with Gasteiger partial charge in [0.2, 0.25) is 0 Å². The Balaban J connectivity index is 2.40. The predicted molar refractivity (Wildman–Crippen MR) is 105 cm³/mol. The molecule has 2 aromatic rings. The van der Waals surface area contributed by atoms with Crippen LogP contribution >= 0.6 is 0 Å². The van der Waals surface area contributed by atoms with Crippen molar-refractivity contribution in [3.05, 3.63) is 71.3 Å². The molecule has 0 aliphatic carbocycles. The van der Waals surface area contributed by atoms with Crippen LogP contribution in [0.15, 0.2) is 54.6 Å². The summed E-state index contributed by atoms with van der Waals surface area (Å²) in [4.78, 5) is 11.6. The van der Waals surface area contributed by atoms with Crippen molar-refractivity contribution < 1.29 is 14.3 Å². The lowest BCUT2D eigenvalue weighted by atomic mass is 10.0. The lowest BCUT2D eigenvalue weighted by Gasteiger charge is -2.15. The van der Waals surface area contributed by atoms with Crippen molar-refractivity contribution in [2.45, 2.75) is 19.8 Å². The second-order valence-electron chi connectivity index (χ2n) is 5.93. The van der Waals surface area contributed by atoms with Crippen LogP contribution in [0.1, 0.15) is 30.0 Å². The zero-order chi connectivity index (χ0) is 18.9. The number of hydrogen-bond donors (Lipinski definition) is 2. The number of allylic oxidation sites excluding steroid dienone is 1. The number of benzene rings is 2. The summed E-state index contributed by atoms with van der Waals surface area (Å²) in [6.45, 7) is 5.88. The van der Waals surface area contributed by atoms with E-state index in [1.165, 1.54) is 0 Å². The fourth-order valence-electron chi connectivity index (χ4n) is 2.48. The van der Waals surface area contributed by atoms with E-state index in [1.807, 2.05) is 60.9 Å². The maximum absolute atomic E-state index is 11.6. The summed E-state index contributed by atoms with van der Waals surface area (Å²) >= 11 is 0. The number of nitrogens with one attached hydrogen (secondary N) is 1. The molecule has 2 rings (SSSR count). The summed E-state index contributed by atoms with van der Waals surface area (Å²) in [5, 5.41) is 0. The minimum atomic E-state index is -0.729. The maximum Gasteiger partial charge on any atom is 0.426 e. The number of amides is 1. The lowest BCUT2D eigenvalue weighted by molar-refractivity contribution is 0.200. The molecule has 0 unspecified atom stereocenters. The second-order valence-corrected chi connectivity index (χ2v) is 5.93. The van der Waals surface area contributed by atoms with E-state index >= 15 is 0 Å². The molecule has 0 fully saturated rings. The Morgan fingerprint density at radius 2 is 1.81 bits per heavy atom. The van der Waals surface area contributed by atoms with Gasteiger partial charge in [-0.25, -0.2) is 10.6 Å². The summed E-state index contributed by atoms with van der Waals surface area (Å²) in [6, 6.07) is 13.6. The Kier molecular flexibility index (Phi) is 7.00. The molecule has 136 valence electrons. The van der Waals surface area contributed by atoms with E-state index in [0.717, 1.165) is 28.7 Å². The highest BCUT2D eigenvalue weighted by molar-refractivity contribution is 5.74.